The molecule has 0 spiro atoms. The fourth-order valence-electron chi connectivity index (χ4n) is 11.6. The maximum Gasteiger partial charge on any atom is 0.251 e. The van der Waals surface area contributed by atoms with Crippen LogP contribution in [0.3, 0.4) is 0 Å². The van der Waals surface area contributed by atoms with Crippen molar-refractivity contribution in [1.82, 2.24) is 51.7 Å². The third-order valence-corrected chi connectivity index (χ3v) is 19.0. The highest BCUT2D eigenvalue weighted by Crippen LogP contribution is 2.41. The van der Waals surface area contributed by atoms with E-state index >= 15 is 0 Å². The van der Waals surface area contributed by atoms with Crippen LogP contribution in [0.25, 0.3) is 55.9 Å². The summed E-state index contributed by atoms with van der Waals surface area (Å²) in [5, 5.41) is 23.9. The van der Waals surface area contributed by atoms with Gasteiger partial charge in [-0.2, -0.15) is 0 Å². The average Bonchev–Trinajstić information content (AvgIpc) is 1.70. The number of hydrogen-bond acceptors (Lipinski definition) is 12. The minimum atomic E-state index is -0.861. The summed E-state index contributed by atoms with van der Waals surface area (Å²) in [5.41, 5.74) is 9.01. The van der Waals surface area contributed by atoms with Crippen molar-refractivity contribution in [2.24, 2.45) is 10.8 Å². The van der Waals surface area contributed by atoms with Crippen molar-refractivity contribution >= 4 is 58.1 Å². The molecule has 2 saturated heterocycles. The van der Waals surface area contributed by atoms with Gasteiger partial charge in [-0.3, -0.25) is 28.8 Å². The van der Waals surface area contributed by atoms with E-state index in [9.17, 15) is 28.8 Å². The molecule has 0 aliphatic carbocycles. The predicted molar refractivity (Wildman–Crippen MR) is 358 cm³/mol. The molecule has 10 rings (SSSR count). The van der Waals surface area contributed by atoms with Crippen molar-refractivity contribution in [1.29, 1.82) is 0 Å². The van der Waals surface area contributed by atoms with Gasteiger partial charge in [0.1, 0.15) is 22.1 Å². The van der Waals surface area contributed by atoms with E-state index in [0.29, 0.717) is 24.0 Å². The molecule has 4 heterocycles. The number of carbonyl (C=O) groups excluding carboxylic acids is 6. The zero-order valence-corrected chi connectivity index (χ0v) is 54.3. The van der Waals surface area contributed by atoms with Crippen LogP contribution in [0.15, 0.2) is 168 Å². The van der Waals surface area contributed by atoms with Crippen molar-refractivity contribution in [2.75, 3.05) is 27.2 Å². The second kappa shape index (κ2) is 27.6. The summed E-state index contributed by atoms with van der Waals surface area (Å²) in [5.74, 6) is -1.68. The molecule has 466 valence electrons. The standard InChI is InChI=1S/C72H80N10O6S2/c1-43(73-9)63(83)79-61(71(3,4)5)69(87)81-39-55(37-59(81)67-77-57(41-89-67)53-25-17-23-51(35-53)45-19-13-11-14-20-45)75-65(85)49-31-27-47(28-32-49)48-29-33-50(34-30-48)66(86)76-56-38-60(82(40-56)70(88)62(72(6,7)8)80-64(84)44(2)74-10)68-78-58(42-90-68)54-26-18-24-52(36-54)46-21-15-12-16-22-46/h11-36,41-44,55-56,59-62,73-74H,37-40H2,1-10H3,(H,75,85)(H,76,86)(H,79,83)(H,80,84). The molecule has 18 heteroatoms. The van der Waals surface area contributed by atoms with E-state index in [1.807, 2.05) is 137 Å². The summed E-state index contributed by atoms with van der Waals surface area (Å²) in [7, 11) is 3.40. The zero-order chi connectivity index (χ0) is 64.0. The van der Waals surface area contributed by atoms with Crippen LogP contribution in [0, 0.1) is 10.8 Å². The van der Waals surface area contributed by atoms with Gasteiger partial charge in [-0.1, -0.05) is 163 Å². The SMILES string of the molecule is CNC(C)C(=O)NC(C(=O)N1CC(NC(=O)c2ccc(-c3ccc(C(=O)NC4CC(c5nc(-c6cccc(-c7ccccc7)c6)cs5)N(C(=O)C(NC(=O)C(C)NC)C(C)(C)C)C4)cc3)cc2)CC1c1nc(-c2cccc(-c3ccccc3)c2)cs1)C(C)(C)C. The van der Waals surface area contributed by atoms with Gasteiger partial charge in [0.15, 0.2) is 0 Å². The van der Waals surface area contributed by atoms with Crippen LogP contribution in [0.5, 0.6) is 0 Å². The smallest absolute Gasteiger partial charge is 0.251 e. The molecule has 6 amide bonds. The third-order valence-electron chi connectivity index (χ3n) is 17.1. The van der Waals surface area contributed by atoms with Gasteiger partial charge >= 0.3 is 0 Å². The molecule has 2 aliphatic heterocycles. The second-order valence-corrected chi connectivity index (χ2v) is 27.4. The highest BCUT2D eigenvalue weighted by atomic mass is 32.1. The van der Waals surface area contributed by atoms with Gasteiger partial charge in [-0.15, -0.1) is 22.7 Å². The number of likely N-dealkylation sites (tertiary alicyclic amines) is 2. The number of aromatic nitrogens is 2. The maximum absolute atomic E-state index is 14.9. The van der Waals surface area contributed by atoms with E-state index in [1.165, 1.54) is 22.7 Å². The average molecular weight is 1250 g/mol. The molecule has 2 aromatic heterocycles. The number of nitrogens with one attached hydrogen (secondary N) is 6. The van der Waals surface area contributed by atoms with Crippen LogP contribution in [0.2, 0.25) is 0 Å². The lowest BCUT2D eigenvalue weighted by Gasteiger charge is -2.36. The normalized spacial score (nSPS) is 18.1. The molecule has 16 nitrogen and oxygen atoms in total. The molecular formula is C72H80N10O6S2. The highest BCUT2D eigenvalue weighted by Gasteiger charge is 2.46. The van der Waals surface area contributed by atoms with E-state index in [-0.39, 0.29) is 48.5 Å². The van der Waals surface area contributed by atoms with Crippen LogP contribution >= 0.6 is 22.7 Å². The molecule has 8 atom stereocenters. The molecule has 0 bridgehead atoms. The predicted octanol–water partition coefficient (Wildman–Crippen LogP) is 11.4. The van der Waals surface area contributed by atoms with Crippen molar-refractivity contribution in [3.8, 4) is 55.9 Å². The second-order valence-electron chi connectivity index (χ2n) is 25.7. The van der Waals surface area contributed by atoms with Crippen molar-refractivity contribution in [3.63, 3.8) is 0 Å². The number of benzene rings is 6. The Morgan fingerprint density at radius 3 is 1.13 bits per heavy atom. The number of thiazole rings is 2. The van der Waals surface area contributed by atoms with E-state index < -0.39 is 59.2 Å². The summed E-state index contributed by atoms with van der Waals surface area (Å²) < 4.78 is 0. The summed E-state index contributed by atoms with van der Waals surface area (Å²) in [6.45, 7) is 15.5. The van der Waals surface area contributed by atoms with Crippen molar-refractivity contribution < 1.29 is 28.8 Å². The van der Waals surface area contributed by atoms with E-state index in [0.717, 1.165) is 65.9 Å². The van der Waals surface area contributed by atoms with Crippen LogP contribution in [-0.2, 0) is 19.2 Å². The number of hydrogen-bond donors (Lipinski definition) is 6. The Hall–Kier alpha value is -8.68. The monoisotopic (exact) mass is 1240 g/mol. The molecule has 2 aliphatic rings. The first-order valence-electron chi connectivity index (χ1n) is 30.7. The van der Waals surface area contributed by atoms with Gasteiger partial charge < -0.3 is 41.7 Å². The third kappa shape index (κ3) is 14.8. The van der Waals surface area contributed by atoms with Gasteiger partial charge in [0.25, 0.3) is 11.8 Å². The van der Waals surface area contributed by atoms with Crippen LogP contribution in [-0.4, -0.2) is 119 Å². The fraction of sp³-hybridized carbons (Fsp3) is 0.333. The lowest BCUT2D eigenvalue weighted by atomic mass is 9.85. The molecule has 6 N–H and O–H groups in total. The first-order chi connectivity index (χ1) is 43.1. The minimum Gasteiger partial charge on any atom is -0.347 e. The first-order valence-corrected chi connectivity index (χ1v) is 32.4. The lowest BCUT2D eigenvalue weighted by molar-refractivity contribution is -0.140. The number of amides is 6. The van der Waals surface area contributed by atoms with Gasteiger partial charge in [0.05, 0.1) is 35.6 Å². The molecule has 0 saturated carbocycles. The first kappa shape index (κ1) is 64.3. The molecule has 2 fully saturated rings. The topological polar surface area (TPSA) is 207 Å². The Labute approximate surface area is 535 Å². The number of carbonyl (C=O) groups is 6. The van der Waals surface area contributed by atoms with E-state index in [2.05, 4.69) is 80.4 Å². The summed E-state index contributed by atoms with van der Waals surface area (Å²) in [6.07, 6.45) is 0.821. The number of nitrogens with zero attached hydrogens (tertiary/aromatic N) is 4. The van der Waals surface area contributed by atoms with Gasteiger partial charge in [0, 0.05) is 58.2 Å². The minimum absolute atomic E-state index is 0.208. The highest BCUT2D eigenvalue weighted by molar-refractivity contribution is 7.10. The van der Waals surface area contributed by atoms with Gasteiger partial charge in [-0.25, -0.2) is 9.97 Å². The van der Waals surface area contributed by atoms with Crippen molar-refractivity contribution in [2.45, 2.75) is 117 Å². The quantitative estimate of drug-likeness (QED) is 0.0452. The summed E-state index contributed by atoms with van der Waals surface area (Å²) in [4.78, 5) is 98.6. The van der Waals surface area contributed by atoms with E-state index in [4.69, 9.17) is 9.97 Å². The van der Waals surface area contributed by atoms with Crippen LogP contribution < -0.4 is 31.9 Å². The van der Waals surface area contributed by atoms with Crippen molar-refractivity contribution in [3.05, 3.63) is 190 Å². The molecular weight excluding hydrogens is 1160 g/mol. The molecule has 0 radical (unpaired) electrons. The largest absolute Gasteiger partial charge is 0.347 e. The molecule has 6 aromatic carbocycles. The van der Waals surface area contributed by atoms with Gasteiger partial charge in [-0.05, 0) is 121 Å². The lowest BCUT2D eigenvalue weighted by Crippen LogP contribution is -2.57. The maximum atomic E-state index is 14.9. The molecule has 8 aromatic rings. The molecule has 90 heavy (non-hydrogen) atoms. The number of likely N-dealkylation sites (N-methyl/N-ethyl adjacent to an activating group) is 2. The Kier molecular flexibility index (Phi) is 19.7. The van der Waals surface area contributed by atoms with Crippen LogP contribution in [0.4, 0.5) is 0 Å². The summed E-state index contributed by atoms with van der Waals surface area (Å²) >= 11 is 2.94. The Balaban J connectivity index is 0.828. The fourth-order valence-corrected chi connectivity index (χ4v) is 13.5. The van der Waals surface area contributed by atoms with Gasteiger partial charge in [0.2, 0.25) is 23.6 Å². The Bertz CT molecular complexity index is 3610. The van der Waals surface area contributed by atoms with E-state index in [1.54, 1.807) is 62.0 Å². The number of rotatable bonds is 19. The molecule has 8 unspecified atom stereocenters. The zero-order valence-electron chi connectivity index (χ0n) is 52.7. The summed E-state index contributed by atoms with van der Waals surface area (Å²) in [6, 6.07) is 46.7. The Morgan fingerprint density at radius 1 is 0.456 bits per heavy atom. The van der Waals surface area contributed by atoms with Crippen LogP contribution in [0.1, 0.15) is 111 Å². The Morgan fingerprint density at radius 2 is 0.789 bits per heavy atom.